The molecule has 0 atom stereocenters. The van der Waals surface area contributed by atoms with Gasteiger partial charge in [0.05, 0.1) is 10.6 Å². The van der Waals surface area contributed by atoms with E-state index in [1.165, 1.54) is 12.1 Å². The number of oxazole rings is 1. The second-order valence-electron chi connectivity index (χ2n) is 8.10. The summed E-state index contributed by atoms with van der Waals surface area (Å²) in [6.45, 7) is 2.07. The molecular formula is C27H19Cl2N3O4S. The van der Waals surface area contributed by atoms with Gasteiger partial charge in [-0.1, -0.05) is 36.2 Å². The van der Waals surface area contributed by atoms with Crippen LogP contribution in [0.4, 0.5) is 5.69 Å². The largest absolute Gasteiger partial charge is 0.507 e. The monoisotopic (exact) mass is 551 g/mol. The van der Waals surface area contributed by atoms with Crippen LogP contribution in [0.3, 0.4) is 0 Å². The molecule has 3 aromatic carbocycles. The van der Waals surface area contributed by atoms with Crippen molar-refractivity contribution in [1.82, 2.24) is 10.3 Å². The lowest BCUT2D eigenvalue weighted by Crippen LogP contribution is -2.33. The van der Waals surface area contributed by atoms with Gasteiger partial charge in [-0.2, -0.15) is 0 Å². The number of aromatic hydroxyl groups is 1. The minimum absolute atomic E-state index is 0.0218. The van der Waals surface area contributed by atoms with Crippen LogP contribution >= 0.6 is 35.4 Å². The molecule has 2 aromatic heterocycles. The standard InChI is InChI=1S/C27H19Cl2N3O4S/c1-2-14-3-8-23-20(11-14)31-26(36-23)18-7-5-16(13-21(18)33)30-27(37)32-25(34)24-10-9-22(35-24)17-6-4-15(28)12-19(17)29/h3-13,33H,2H2,1H3,(H2,30,32,34,37). The zero-order chi connectivity index (χ0) is 26.1. The Kier molecular flexibility index (Phi) is 6.88. The zero-order valence-corrected chi connectivity index (χ0v) is 21.7. The van der Waals surface area contributed by atoms with E-state index in [-0.39, 0.29) is 16.6 Å². The number of nitrogens with one attached hydrogen (secondary N) is 2. The van der Waals surface area contributed by atoms with Crippen molar-refractivity contribution in [3.05, 3.63) is 88.1 Å². The van der Waals surface area contributed by atoms with Gasteiger partial charge in [-0.15, -0.1) is 0 Å². The number of nitrogens with zero attached hydrogens (tertiary/aromatic N) is 1. The Hall–Kier alpha value is -3.85. The molecule has 186 valence electrons. The number of furan rings is 1. The number of aromatic nitrogens is 1. The van der Waals surface area contributed by atoms with Gasteiger partial charge in [-0.05, 0) is 78.8 Å². The normalized spacial score (nSPS) is 11.0. The van der Waals surface area contributed by atoms with Crippen LogP contribution in [0.1, 0.15) is 23.0 Å². The highest BCUT2D eigenvalue weighted by molar-refractivity contribution is 7.80. The number of hydrogen-bond donors (Lipinski definition) is 3. The summed E-state index contributed by atoms with van der Waals surface area (Å²) in [6, 6.07) is 18.7. The number of carbonyl (C=O) groups excluding carboxylic acids is 1. The van der Waals surface area contributed by atoms with Gasteiger partial charge in [-0.3, -0.25) is 10.1 Å². The summed E-state index contributed by atoms with van der Waals surface area (Å²) in [5, 5.41) is 16.9. The molecule has 0 aliphatic heterocycles. The number of carbonyl (C=O) groups is 1. The van der Waals surface area contributed by atoms with E-state index in [2.05, 4.69) is 22.5 Å². The first-order valence-corrected chi connectivity index (χ1v) is 12.4. The van der Waals surface area contributed by atoms with Crippen LogP contribution in [0, 0.1) is 0 Å². The Morgan fingerprint density at radius 2 is 1.81 bits per heavy atom. The van der Waals surface area contributed by atoms with Crippen molar-refractivity contribution in [3.8, 4) is 28.5 Å². The number of phenolic OH excluding ortho intramolecular Hbond substituents is 1. The molecule has 10 heteroatoms. The van der Waals surface area contributed by atoms with Gasteiger partial charge in [0.25, 0.3) is 5.91 Å². The molecule has 2 heterocycles. The maximum atomic E-state index is 12.6. The van der Waals surface area contributed by atoms with Crippen molar-refractivity contribution in [3.63, 3.8) is 0 Å². The zero-order valence-electron chi connectivity index (χ0n) is 19.3. The number of anilines is 1. The molecule has 0 fully saturated rings. The quantitative estimate of drug-likeness (QED) is 0.195. The van der Waals surface area contributed by atoms with Gasteiger partial charge in [0, 0.05) is 22.3 Å². The van der Waals surface area contributed by atoms with Crippen LogP contribution in [-0.4, -0.2) is 21.1 Å². The minimum atomic E-state index is -0.549. The van der Waals surface area contributed by atoms with Crippen molar-refractivity contribution in [1.29, 1.82) is 0 Å². The van der Waals surface area contributed by atoms with E-state index in [9.17, 15) is 9.90 Å². The van der Waals surface area contributed by atoms with Gasteiger partial charge in [0.1, 0.15) is 17.0 Å². The summed E-state index contributed by atoms with van der Waals surface area (Å²) in [5.74, 6) is 0.156. The van der Waals surface area contributed by atoms with Crippen LogP contribution in [0.15, 0.2) is 75.6 Å². The third-order valence-corrected chi connectivity index (χ3v) is 6.35. The maximum Gasteiger partial charge on any atom is 0.293 e. The molecule has 0 bridgehead atoms. The molecule has 0 radical (unpaired) electrons. The summed E-state index contributed by atoms with van der Waals surface area (Å²) in [6.07, 6.45) is 0.887. The topological polar surface area (TPSA) is 101 Å². The highest BCUT2D eigenvalue weighted by Gasteiger charge is 2.17. The number of phenols is 1. The molecule has 5 rings (SSSR count). The van der Waals surface area contributed by atoms with Gasteiger partial charge in [0.15, 0.2) is 16.5 Å². The first kappa shape index (κ1) is 24.8. The van der Waals surface area contributed by atoms with E-state index >= 15 is 0 Å². The van der Waals surface area contributed by atoms with Crippen molar-refractivity contribution < 1.29 is 18.7 Å². The fourth-order valence-electron chi connectivity index (χ4n) is 3.72. The molecule has 0 aliphatic carbocycles. The number of amides is 1. The molecule has 37 heavy (non-hydrogen) atoms. The number of aryl methyl sites for hydroxylation is 1. The van der Waals surface area contributed by atoms with Gasteiger partial charge >= 0.3 is 0 Å². The summed E-state index contributed by atoms with van der Waals surface area (Å²) in [5.41, 5.74) is 4.00. The molecule has 1 amide bonds. The molecule has 0 saturated carbocycles. The van der Waals surface area contributed by atoms with Crippen LogP contribution < -0.4 is 10.6 Å². The lowest BCUT2D eigenvalue weighted by Gasteiger charge is -2.10. The van der Waals surface area contributed by atoms with Crippen molar-refractivity contribution >= 4 is 63.2 Å². The number of hydrogen-bond acceptors (Lipinski definition) is 6. The highest BCUT2D eigenvalue weighted by Crippen LogP contribution is 2.34. The summed E-state index contributed by atoms with van der Waals surface area (Å²) in [7, 11) is 0. The van der Waals surface area contributed by atoms with Crippen molar-refractivity contribution in [2.45, 2.75) is 13.3 Å². The average molecular weight is 552 g/mol. The third-order valence-electron chi connectivity index (χ3n) is 5.60. The minimum Gasteiger partial charge on any atom is -0.507 e. The lowest BCUT2D eigenvalue weighted by molar-refractivity contribution is 0.0951. The molecule has 3 N–H and O–H groups in total. The van der Waals surface area contributed by atoms with E-state index in [0.29, 0.717) is 44.1 Å². The third kappa shape index (κ3) is 5.32. The van der Waals surface area contributed by atoms with Crippen LogP contribution in [0.2, 0.25) is 10.0 Å². The smallest absolute Gasteiger partial charge is 0.293 e. The number of rotatable bonds is 5. The summed E-state index contributed by atoms with van der Waals surface area (Å²) < 4.78 is 11.4. The van der Waals surface area contributed by atoms with E-state index < -0.39 is 5.91 Å². The van der Waals surface area contributed by atoms with Crippen LogP contribution in [-0.2, 0) is 6.42 Å². The van der Waals surface area contributed by atoms with E-state index in [0.717, 1.165) is 17.5 Å². The number of benzene rings is 3. The predicted molar refractivity (Wildman–Crippen MR) is 148 cm³/mol. The molecule has 0 spiro atoms. The number of fused-ring (bicyclic) bond motifs is 1. The van der Waals surface area contributed by atoms with Crippen molar-refractivity contribution in [2.24, 2.45) is 0 Å². The van der Waals surface area contributed by atoms with E-state index in [1.807, 2.05) is 18.2 Å². The summed E-state index contributed by atoms with van der Waals surface area (Å²) >= 11 is 17.4. The van der Waals surface area contributed by atoms with Crippen LogP contribution in [0.5, 0.6) is 5.75 Å². The number of halogens is 2. The van der Waals surface area contributed by atoms with Gasteiger partial charge in [-0.25, -0.2) is 4.98 Å². The Bertz CT molecular complexity index is 1660. The molecule has 0 aliphatic rings. The first-order valence-electron chi connectivity index (χ1n) is 11.2. The molecule has 0 unspecified atom stereocenters. The van der Waals surface area contributed by atoms with E-state index in [1.54, 1.807) is 36.4 Å². The summed E-state index contributed by atoms with van der Waals surface area (Å²) in [4.78, 5) is 17.1. The molecule has 0 saturated heterocycles. The Morgan fingerprint density at radius 3 is 2.57 bits per heavy atom. The lowest BCUT2D eigenvalue weighted by atomic mass is 10.1. The van der Waals surface area contributed by atoms with Gasteiger partial charge < -0.3 is 19.3 Å². The maximum absolute atomic E-state index is 12.6. The van der Waals surface area contributed by atoms with Crippen LogP contribution in [0.25, 0.3) is 33.9 Å². The van der Waals surface area contributed by atoms with E-state index in [4.69, 9.17) is 44.3 Å². The SMILES string of the molecule is CCc1ccc2oc(-c3ccc(NC(=S)NC(=O)c4ccc(-c5ccc(Cl)cc5Cl)o4)cc3O)nc2c1. The molecule has 5 aromatic rings. The highest BCUT2D eigenvalue weighted by atomic mass is 35.5. The Balaban J connectivity index is 1.26. The fraction of sp³-hybridized carbons (Fsp3) is 0.0741. The second-order valence-corrected chi connectivity index (χ2v) is 9.35. The Morgan fingerprint density at radius 1 is 1.00 bits per heavy atom. The second kappa shape index (κ2) is 10.3. The fourth-order valence-corrected chi connectivity index (χ4v) is 4.43. The van der Waals surface area contributed by atoms with Crippen molar-refractivity contribution in [2.75, 3.05) is 5.32 Å². The molecular weight excluding hydrogens is 533 g/mol. The van der Waals surface area contributed by atoms with Gasteiger partial charge in [0.2, 0.25) is 5.89 Å². The number of thiocarbonyl (C=S) groups is 1. The Labute approximate surface area is 227 Å². The molecule has 7 nitrogen and oxygen atoms in total. The average Bonchev–Trinajstić information content (AvgIpc) is 3.51. The first-order chi connectivity index (χ1) is 17.8. The predicted octanol–water partition coefficient (Wildman–Crippen LogP) is 7.46.